The van der Waals surface area contributed by atoms with Crippen LogP contribution in [0.4, 0.5) is 5.69 Å². The Kier molecular flexibility index (Phi) is 4.33. The Balaban J connectivity index is 2.57. The number of pyridine rings is 1. The van der Waals surface area contributed by atoms with Gasteiger partial charge in [-0.1, -0.05) is 25.1 Å². The van der Waals surface area contributed by atoms with E-state index in [0.29, 0.717) is 11.1 Å². The number of aromatic nitrogens is 1. The van der Waals surface area contributed by atoms with Crippen LogP contribution in [0.5, 0.6) is 0 Å². The van der Waals surface area contributed by atoms with Crippen LogP contribution in [0.1, 0.15) is 25.0 Å². The summed E-state index contributed by atoms with van der Waals surface area (Å²) in [5, 5.41) is 11.1. The number of H-pyrrole nitrogens is 1. The van der Waals surface area contributed by atoms with Crippen LogP contribution < -0.4 is 5.56 Å². The lowest BCUT2D eigenvalue weighted by Crippen LogP contribution is -2.10. The zero-order valence-electron chi connectivity index (χ0n) is 11.7. The number of nitrogens with one attached hydrogen (secondary N) is 1. The van der Waals surface area contributed by atoms with E-state index in [4.69, 9.17) is 0 Å². The van der Waals surface area contributed by atoms with Crippen molar-refractivity contribution in [2.24, 2.45) is 0 Å². The second-order valence-corrected chi connectivity index (χ2v) is 4.89. The summed E-state index contributed by atoms with van der Waals surface area (Å²) in [6, 6.07) is 9.58. The lowest BCUT2D eigenvalue weighted by atomic mass is 9.98. The smallest absolute Gasteiger partial charge is 0.277 e. The molecule has 0 aliphatic heterocycles. The van der Waals surface area contributed by atoms with E-state index in [9.17, 15) is 14.9 Å². The average molecular weight is 284 g/mol. The molecule has 21 heavy (non-hydrogen) atoms. The summed E-state index contributed by atoms with van der Waals surface area (Å²) in [6.07, 6.45) is 2.50. The van der Waals surface area contributed by atoms with Gasteiger partial charge in [0, 0.05) is 17.8 Å². The SMILES string of the molecule is C=CCC(C)c1cc(-c2ccccc2[N+](=O)[O-])cc(=O)[nH]1. The van der Waals surface area contributed by atoms with Crippen molar-refractivity contribution < 1.29 is 4.92 Å². The number of nitro groups is 1. The minimum absolute atomic E-state index is 0.00887. The summed E-state index contributed by atoms with van der Waals surface area (Å²) in [7, 11) is 0. The average Bonchev–Trinajstić information content (AvgIpc) is 2.46. The standard InChI is InChI=1S/C16H16N2O3/c1-3-6-11(2)14-9-12(10-16(19)17-14)13-7-4-5-8-15(13)18(20)21/h3-5,7-11H,1,6H2,2H3,(H,17,19). The highest BCUT2D eigenvalue weighted by Gasteiger charge is 2.16. The van der Waals surface area contributed by atoms with Crippen LogP contribution in [0, 0.1) is 10.1 Å². The Morgan fingerprint density at radius 3 is 2.76 bits per heavy atom. The van der Waals surface area contributed by atoms with Crippen molar-refractivity contribution in [1.82, 2.24) is 4.98 Å². The van der Waals surface area contributed by atoms with Crippen molar-refractivity contribution in [1.29, 1.82) is 0 Å². The summed E-state index contributed by atoms with van der Waals surface area (Å²) in [4.78, 5) is 25.3. The lowest BCUT2D eigenvalue weighted by molar-refractivity contribution is -0.384. The largest absolute Gasteiger partial charge is 0.326 e. The molecule has 1 heterocycles. The van der Waals surface area contributed by atoms with Gasteiger partial charge in [0.1, 0.15) is 0 Å². The van der Waals surface area contributed by atoms with Gasteiger partial charge in [0.2, 0.25) is 5.56 Å². The number of rotatable bonds is 5. The van der Waals surface area contributed by atoms with E-state index in [1.807, 2.05) is 6.92 Å². The van der Waals surface area contributed by atoms with E-state index >= 15 is 0 Å². The van der Waals surface area contributed by atoms with Crippen molar-refractivity contribution in [2.45, 2.75) is 19.3 Å². The molecule has 0 aliphatic rings. The van der Waals surface area contributed by atoms with Crippen LogP contribution in [-0.4, -0.2) is 9.91 Å². The summed E-state index contributed by atoms with van der Waals surface area (Å²) in [6.45, 7) is 5.65. The van der Waals surface area contributed by atoms with Crippen LogP contribution in [0.3, 0.4) is 0 Å². The number of nitrogens with zero attached hydrogens (tertiary/aromatic N) is 1. The molecule has 1 atom stereocenters. The Labute approximate surface area is 122 Å². The third-order valence-electron chi connectivity index (χ3n) is 3.33. The molecule has 0 saturated carbocycles. The molecular formula is C16H16N2O3. The number of allylic oxidation sites excluding steroid dienone is 1. The molecule has 1 aromatic carbocycles. The molecule has 0 amide bonds. The van der Waals surface area contributed by atoms with Gasteiger partial charge in [0.05, 0.1) is 10.5 Å². The fourth-order valence-electron chi connectivity index (χ4n) is 2.24. The van der Waals surface area contributed by atoms with Gasteiger partial charge < -0.3 is 4.98 Å². The molecule has 0 fully saturated rings. The molecule has 0 saturated heterocycles. The maximum atomic E-state index is 11.8. The highest BCUT2D eigenvalue weighted by molar-refractivity contribution is 5.73. The van der Waals surface area contributed by atoms with Gasteiger partial charge in [0.25, 0.3) is 5.69 Å². The maximum Gasteiger partial charge on any atom is 0.277 e. The third kappa shape index (κ3) is 3.25. The maximum absolute atomic E-state index is 11.8. The lowest BCUT2D eigenvalue weighted by Gasteiger charge is -2.11. The molecule has 1 unspecified atom stereocenters. The first-order chi connectivity index (χ1) is 10.0. The van der Waals surface area contributed by atoms with Crippen molar-refractivity contribution in [3.05, 3.63) is 75.2 Å². The minimum Gasteiger partial charge on any atom is -0.326 e. The minimum atomic E-state index is -0.441. The first-order valence-corrected chi connectivity index (χ1v) is 6.62. The van der Waals surface area contributed by atoms with Crippen LogP contribution in [0.2, 0.25) is 0 Å². The summed E-state index contributed by atoms with van der Waals surface area (Å²) in [5.74, 6) is 0.0953. The fourth-order valence-corrected chi connectivity index (χ4v) is 2.24. The molecule has 0 aliphatic carbocycles. The Hall–Kier alpha value is -2.69. The van der Waals surface area contributed by atoms with Crippen LogP contribution >= 0.6 is 0 Å². The molecule has 2 rings (SSSR count). The van der Waals surface area contributed by atoms with Gasteiger partial charge in [-0.2, -0.15) is 0 Å². The highest BCUT2D eigenvalue weighted by Crippen LogP contribution is 2.30. The van der Waals surface area contributed by atoms with Gasteiger partial charge in [-0.05, 0) is 30.0 Å². The molecule has 0 spiro atoms. The molecule has 0 bridgehead atoms. The Morgan fingerprint density at radius 2 is 2.10 bits per heavy atom. The quantitative estimate of drug-likeness (QED) is 0.517. The van der Waals surface area contributed by atoms with Gasteiger partial charge in [-0.25, -0.2) is 0 Å². The molecule has 108 valence electrons. The fraction of sp³-hybridized carbons (Fsp3) is 0.188. The second-order valence-electron chi connectivity index (χ2n) is 4.89. The number of para-hydroxylation sites is 1. The normalized spacial score (nSPS) is 11.9. The van der Waals surface area contributed by atoms with Gasteiger partial charge >= 0.3 is 0 Å². The molecule has 1 aromatic heterocycles. The Bertz CT molecular complexity index is 734. The third-order valence-corrected chi connectivity index (χ3v) is 3.33. The topological polar surface area (TPSA) is 76.0 Å². The van der Waals surface area contributed by atoms with Gasteiger partial charge in [-0.15, -0.1) is 6.58 Å². The van der Waals surface area contributed by atoms with E-state index in [1.165, 1.54) is 12.1 Å². The zero-order chi connectivity index (χ0) is 15.4. The van der Waals surface area contributed by atoms with E-state index in [0.717, 1.165) is 12.1 Å². The highest BCUT2D eigenvalue weighted by atomic mass is 16.6. The Morgan fingerprint density at radius 1 is 1.38 bits per heavy atom. The van der Waals surface area contributed by atoms with Crippen LogP contribution in [0.25, 0.3) is 11.1 Å². The summed E-state index contributed by atoms with van der Waals surface area (Å²) < 4.78 is 0. The second kappa shape index (κ2) is 6.17. The van der Waals surface area contributed by atoms with Gasteiger partial charge in [0.15, 0.2) is 0 Å². The summed E-state index contributed by atoms with van der Waals surface area (Å²) >= 11 is 0. The molecule has 2 aromatic rings. The first kappa shape index (κ1) is 14.7. The van der Waals surface area contributed by atoms with Crippen molar-refractivity contribution >= 4 is 5.69 Å². The van der Waals surface area contributed by atoms with Crippen LogP contribution in [0.15, 0.2) is 53.8 Å². The monoisotopic (exact) mass is 284 g/mol. The van der Waals surface area contributed by atoms with Crippen molar-refractivity contribution in [3.8, 4) is 11.1 Å². The number of nitro benzene ring substituents is 1. The molecule has 0 radical (unpaired) electrons. The van der Waals surface area contributed by atoms with Crippen molar-refractivity contribution in [2.75, 3.05) is 0 Å². The van der Waals surface area contributed by atoms with E-state index in [2.05, 4.69) is 11.6 Å². The van der Waals surface area contributed by atoms with Crippen molar-refractivity contribution in [3.63, 3.8) is 0 Å². The van der Waals surface area contributed by atoms with Gasteiger partial charge in [-0.3, -0.25) is 14.9 Å². The predicted octanol–water partition coefficient (Wildman–Crippen LogP) is 3.63. The van der Waals surface area contributed by atoms with E-state index < -0.39 is 4.92 Å². The first-order valence-electron chi connectivity index (χ1n) is 6.62. The molecule has 1 N–H and O–H groups in total. The van der Waals surface area contributed by atoms with E-state index in [1.54, 1.807) is 30.3 Å². The zero-order valence-corrected chi connectivity index (χ0v) is 11.7. The number of hydrogen-bond donors (Lipinski definition) is 1. The predicted molar refractivity (Wildman–Crippen MR) is 82.4 cm³/mol. The number of hydrogen-bond acceptors (Lipinski definition) is 3. The summed E-state index contributed by atoms with van der Waals surface area (Å²) in [5.41, 5.74) is 1.47. The molecule has 5 nitrogen and oxygen atoms in total. The number of aromatic amines is 1. The van der Waals surface area contributed by atoms with Crippen LogP contribution in [-0.2, 0) is 0 Å². The van der Waals surface area contributed by atoms with E-state index in [-0.39, 0.29) is 17.2 Å². The number of benzene rings is 1. The molecular weight excluding hydrogens is 268 g/mol. The molecule has 5 heteroatoms.